The SMILES string of the molecule is COc1ccccc1NC(=O)c1ccc(NC(=O)COC(=O)c2cc(C)nc3ccccc23)cc1. The first-order valence-corrected chi connectivity index (χ1v) is 10.8. The van der Waals surface area contributed by atoms with Gasteiger partial charge in [0.1, 0.15) is 5.75 Å². The molecule has 0 saturated heterocycles. The fraction of sp³-hybridized carbons (Fsp3) is 0.111. The number of carbonyl (C=O) groups is 3. The molecule has 4 aromatic rings. The predicted octanol–water partition coefficient (Wildman–Crippen LogP) is 4.60. The van der Waals surface area contributed by atoms with Crippen LogP contribution in [-0.2, 0) is 9.53 Å². The highest BCUT2D eigenvalue weighted by Gasteiger charge is 2.15. The van der Waals surface area contributed by atoms with Crippen molar-refractivity contribution in [3.63, 3.8) is 0 Å². The number of amides is 2. The van der Waals surface area contributed by atoms with Crippen LogP contribution in [0.3, 0.4) is 0 Å². The first kappa shape index (κ1) is 23.4. The average molecular weight is 469 g/mol. The van der Waals surface area contributed by atoms with Crippen LogP contribution in [0.2, 0.25) is 0 Å². The van der Waals surface area contributed by atoms with Gasteiger partial charge in [-0.1, -0.05) is 30.3 Å². The van der Waals surface area contributed by atoms with E-state index < -0.39 is 18.5 Å². The maximum atomic E-state index is 12.6. The van der Waals surface area contributed by atoms with E-state index in [1.165, 1.54) is 7.11 Å². The van der Waals surface area contributed by atoms with Crippen molar-refractivity contribution in [3.05, 3.63) is 95.7 Å². The first-order valence-electron chi connectivity index (χ1n) is 10.8. The number of rotatable bonds is 7. The molecule has 3 aromatic carbocycles. The molecule has 0 atom stereocenters. The Morgan fingerprint density at radius 2 is 1.60 bits per heavy atom. The highest BCUT2D eigenvalue weighted by atomic mass is 16.5. The van der Waals surface area contributed by atoms with Gasteiger partial charge in [0.05, 0.1) is 23.9 Å². The molecule has 0 fully saturated rings. The van der Waals surface area contributed by atoms with Crippen LogP contribution in [0, 0.1) is 6.92 Å². The van der Waals surface area contributed by atoms with Gasteiger partial charge in [0.2, 0.25) is 0 Å². The van der Waals surface area contributed by atoms with Crippen LogP contribution < -0.4 is 15.4 Å². The number of hydrogen-bond acceptors (Lipinski definition) is 6. The highest BCUT2D eigenvalue weighted by molar-refractivity contribution is 6.06. The van der Waals surface area contributed by atoms with Gasteiger partial charge >= 0.3 is 5.97 Å². The van der Waals surface area contributed by atoms with Crippen LogP contribution in [0.4, 0.5) is 11.4 Å². The number of esters is 1. The molecule has 0 bridgehead atoms. The van der Waals surface area contributed by atoms with Crippen LogP contribution in [0.15, 0.2) is 78.9 Å². The Morgan fingerprint density at radius 3 is 2.37 bits per heavy atom. The number of aryl methyl sites for hydroxylation is 1. The Morgan fingerprint density at radius 1 is 0.886 bits per heavy atom. The fourth-order valence-corrected chi connectivity index (χ4v) is 3.53. The lowest BCUT2D eigenvalue weighted by Crippen LogP contribution is -2.21. The molecule has 0 aliphatic heterocycles. The second-order valence-corrected chi connectivity index (χ2v) is 7.68. The zero-order chi connectivity index (χ0) is 24.8. The number of anilines is 2. The van der Waals surface area contributed by atoms with Gasteiger partial charge in [0, 0.05) is 22.3 Å². The maximum Gasteiger partial charge on any atom is 0.339 e. The summed E-state index contributed by atoms with van der Waals surface area (Å²) in [5, 5.41) is 6.10. The van der Waals surface area contributed by atoms with E-state index in [1.54, 1.807) is 61.5 Å². The lowest BCUT2D eigenvalue weighted by molar-refractivity contribution is -0.119. The van der Waals surface area contributed by atoms with Crippen molar-refractivity contribution in [1.29, 1.82) is 0 Å². The zero-order valence-electron chi connectivity index (χ0n) is 19.2. The largest absolute Gasteiger partial charge is 0.495 e. The molecular formula is C27H23N3O5. The molecule has 35 heavy (non-hydrogen) atoms. The van der Waals surface area contributed by atoms with Gasteiger partial charge in [0.15, 0.2) is 6.61 Å². The number of methoxy groups -OCH3 is 1. The number of ether oxygens (including phenoxy) is 2. The van der Waals surface area contributed by atoms with Crippen LogP contribution in [0.25, 0.3) is 10.9 Å². The fourth-order valence-electron chi connectivity index (χ4n) is 3.53. The summed E-state index contributed by atoms with van der Waals surface area (Å²) in [6.45, 7) is 1.33. The molecule has 4 rings (SSSR count). The van der Waals surface area contributed by atoms with Gasteiger partial charge in [-0.15, -0.1) is 0 Å². The molecule has 1 heterocycles. The van der Waals surface area contributed by atoms with Crippen molar-refractivity contribution >= 4 is 40.1 Å². The second-order valence-electron chi connectivity index (χ2n) is 7.68. The third kappa shape index (κ3) is 5.62. The molecule has 0 radical (unpaired) electrons. The summed E-state index contributed by atoms with van der Waals surface area (Å²) in [4.78, 5) is 41.8. The number of benzene rings is 3. The summed E-state index contributed by atoms with van der Waals surface area (Å²) < 4.78 is 10.5. The van der Waals surface area contributed by atoms with Crippen LogP contribution in [0.1, 0.15) is 26.4 Å². The lowest BCUT2D eigenvalue weighted by atomic mass is 10.1. The van der Waals surface area contributed by atoms with E-state index in [-0.39, 0.29) is 5.91 Å². The molecule has 2 amide bonds. The molecule has 8 heteroatoms. The molecule has 0 unspecified atom stereocenters. The van der Waals surface area contributed by atoms with E-state index in [4.69, 9.17) is 9.47 Å². The number of carbonyl (C=O) groups excluding carboxylic acids is 3. The van der Waals surface area contributed by atoms with Gasteiger partial charge in [-0.2, -0.15) is 0 Å². The molecule has 1 aromatic heterocycles. The van der Waals surface area contributed by atoms with Crippen molar-refractivity contribution in [2.45, 2.75) is 6.92 Å². The minimum Gasteiger partial charge on any atom is -0.495 e. The Kier molecular flexibility index (Phi) is 7.02. The van der Waals surface area contributed by atoms with Gasteiger partial charge in [-0.05, 0) is 55.5 Å². The topological polar surface area (TPSA) is 107 Å². The number of nitrogens with one attached hydrogen (secondary N) is 2. The summed E-state index contributed by atoms with van der Waals surface area (Å²) in [7, 11) is 1.53. The van der Waals surface area contributed by atoms with E-state index in [0.717, 1.165) is 0 Å². The van der Waals surface area contributed by atoms with Crippen molar-refractivity contribution < 1.29 is 23.9 Å². The molecule has 2 N–H and O–H groups in total. The van der Waals surface area contributed by atoms with Crippen molar-refractivity contribution in [3.8, 4) is 5.75 Å². The summed E-state index contributed by atoms with van der Waals surface area (Å²) in [5.41, 5.74) is 3.13. The van der Waals surface area contributed by atoms with E-state index in [0.29, 0.717) is 44.8 Å². The number of aromatic nitrogens is 1. The molecule has 0 aliphatic carbocycles. The summed E-state index contributed by atoms with van der Waals surface area (Å²) >= 11 is 0. The molecule has 8 nitrogen and oxygen atoms in total. The lowest BCUT2D eigenvalue weighted by Gasteiger charge is -2.11. The third-order valence-corrected chi connectivity index (χ3v) is 5.18. The number of nitrogens with zero attached hydrogens (tertiary/aromatic N) is 1. The van der Waals surface area contributed by atoms with Gasteiger partial charge in [0.25, 0.3) is 11.8 Å². The number of hydrogen-bond donors (Lipinski definition) is 2. The quantitative estimate of drug-likeness (QED) is 0.383. The predicted molar refractivity (Wildman–Crippen MR) is 133 cm³/mol. The van der Waals surface area contributed by atoms with Crippen LogP contribution in [0.5, 0.6) is 5.75 Å². The number of para-hydroxylation sites is 3. The number of pyridine rings is 1. The minimum absolute atomic E-state index is 0.318. The monoisotopic (exact) mass is 469 g/mol. The van der Waals surface area contributed by atoms with Gasteiger partial charge in [-0.25, -0.2) is 4.79 Å². The van der Waals surface area contributed by atoms with Crippen molar-refractivity contribution in [1.82, 2.24) is 4.98 Å². The smallest absolute Gasteiger partial charge is 0.339 e. The minimum atomic E-state index is -0.606. The third-order valence-electron chi connectivity index (χ3n) is 5.18. The maximum absolute atomic E-state index is 12.6. The van der Waals surface area contributed by atoms with E-state index in [9.17, 15) is 14.4 Å². The van der Waals surface area contributed by atoms with Gasteiger partial charge in [-0.3, -0.25) is 14.6 Å². The van der Waals surface area contributed by atoms with Crippen molar-refractivity contribution in [2.75, 3.05) is 24.4 Å². The molecular weight excluding hydrogens is 446 g/mol. The molecule has 176 valence electrons. The summed E-state index contributed by atoms with van der Waals surface area (Å²) in [6, 6.07) is 22.3. The molecule has 0 spiro atoms. The Bertz CT molecular complexity index is 1400. The first-order chi connectivity index (χ1) is 16.9. The standard InChI is InChI=1S/C27H23N3O5/c1-17-15-21(20-7-3-4-8-22(20)28-17)27(33)35-16-25(31)29-19-13-11-18(12-14-19)26(32)30-23-9-5-6-10-24(23)34-2/h3-15H,16H2,1-2H3,(H,29,31)(H,30,32). The molecule has 0 aliphatic rings. The van der Waals surface area contributed by atoms with Crippen LogP contribution in [-0.4, -0.2) is 36.5 Å². The van der Waals surface area contributed by atoms with E-state index in [2.05, 4.69) is 15.6 Å². The van der Waals surface area contributed by atoms with E-state index >= 15 is 0 Å². The van der Waals surface area contributed by atoms with Crippen molar-refractivity contribution in [2.24, 2.45) is 0 Å². The Hall–Kier alpha value is -4.72. The Labute approximate surface area is 201 Å². The zero-order valence-corrected chi connectivity index (χ0v) is 19.2. The van der Waals surface area contributed by atoms with E-state index in [1.807, 2.05) is 24.3 Å². The summed E-state index contributed by atoms with van der Waals surface area (Å²) in [5.74, 6) is -0.875. The summed E-state index contributed by atoms with van der Waals surface area (Å²) in [6.07, 6.45) is 0. The Balaban J connectivity index is 1.34. The van der Waals surface area contributed by atoms with Gasteiger partial charge < -0.3 is 20.1 Å². The second kappa shape index (κ2) is 10.5. The average Bonchev–Trinajstić information content (AvgIpc) is 2.87. The van der Waals surface area contributed by atoms with Crippen LogP contribution >= 0.6 is 0 Å². The number of fused-ring (bicyclic) bond motifs is 1. The molecule has 0 saturated carbocycles. The highest BCUT2D eigenvalue weighted by Crippen LogP contribution is 2.24. The normalized spacial score (nSPS) is 10.5.